The van der Waals surface area contributed by atoms with Gasteiger partial charge in [0.15, 0.2) is 0 Å². The molecule has 0 aliphatic rings. The molecular weight excluding hydrogens is 172 g/mol. The van der Waals surface area contributed by atoms with Crippen LogP contribution in [0.25, 0.3) is 0 Å². The van der Waals surface area contributed by atoms with E-state index < -0.39 is 0 Å². The Morgan fingerprint density at radius 3 is 2.18 bits per heavy atom. The van der Waals surface area contributed by atoms with Crippen LogP contribution < -0.4 is 0 Å². The summed E-state index contributed by atoms with van der Waals surface area (Å²) in [6.07, 6.45) is 9.93. The van der Waals surface area contributed by atoms with E-state index in [1.165, 1.54) is 38.5 Å². The fraction of sp³-hybridized carbons (Fsp3) is 0.778. The molecule has 11 heavy (non-hydrogen) atoms. The largest absolute Gasteiger partial charge is 0.179 e. The zero-order chi connectivity index (χ0) is 8.36. The van der Waals surface area contributed by atoms with Crippen LogP contribution in [-0.2, 0) is 0 Å². The second kappa shape index (κ2) is 10.4. The molecule has 0 aliphatic carbocycles. The Kier molecular flexibility index (Phi) is 10.9. The van der Waals surface area contributed by atoms with Crippen molar-refractivity contribution in [1.29, 1.82) is 0 Å². The molecule has 0 aromatic heterocycles. The van der Waals surface area contributed by atoms with E-state index in [4.69, 9.17) is 0 Å². The molecule has 0 saturated carbocycles. The van der Waals surface area contributed by atoms with Crippen molar-refractivity contribution in [1.82, 2.24) is 0 Å². The minimum absolute atomic E-state index is 1.04. The highest BCUT2D eigenvalue weighted by Gasteiger charge is 1.87. The average molecular weight is 190 g/mol. The molecule has 0 fully saturated rings. The molecule has 0 atom stereocenters. The van der Waals surface area contributed by atoms with E-state index in [1.807, 2.05) is 5.41 Å². The van der Waals surface area contributed by atoms with Crippen molar-refractivity contribution in [3.05, 3.63) is 11.5 Å². The number of hydrogen-bond donors (Lipinski definition) is 2. The summed E-state index contributed by atoms with van der Waals surface area (Å²) in [7, 11) is 0. The molecule has 0 nitrogen and oxygen atoms in total. The van der Waals surface area contributed by atoms with Crippen molar-refractivity contribution in [2.75, 3.05) is 5.75 Å². The van der Waals surface area contributed by atoms with E-state index in [9.17, 15) is 0 Å². The van der Waals surface area contributed by atoms with Gasteiger partial charge in [-0.25, -0.2) is 0 Å². The molecule has 0 aromatic rings. The van der Waals surface area contributed by atoms with E-state index in [1.54, 1.807) is 0 Å². The highest BCUT2D eigenvalue weighted by molar-refractivity contribution is 7.83. The van der Waals surface area contributed by atoms with Crippen LogP contribution in [-0.4, -0.2) is 5.75 Å². The van der Waals surface area contributed by atoms with E-state index in [0.717, 1.165) is 5.75 Å². The van der Waals surface area contributed by atoms with Crippen molar-refractivity contribution in [3.63, 3.8) is 0 Å². The Morgan fingerprint density at radius 2 is 1.55 bits per heavy atom. The summed E-state index contributed by atoms with van der Waals surface area (Å²) >= 11 is 8.15. The van der Waals surface area contributed by atoms with Crippen LogP contribution in [0.4, 0.5) is 0 Å². The molecular formula is C9H18S2. The van der Waals surface area contributed by atoms with Crippen LogP contribution in [0.15, 0.2) is 11.5 Å². The number of rotatable bonds is 7. The van der Waals surface area contributed by atoms with Gasteiger partial charge in [0.25, 0.3) is 0 Å². The quantitative estimate of drug-likeness (QED) is 0.444. The molecule has 0 saturated heterocycles. The zero-order valence-corrected chi connectivity index (χ0v) is 8.79. The summed E-state index contributed by atoms with van der Waals surface area (Å²) in [4.78, 5) is 0. The van der Waals surface area contributed by atoms with E-state index in [2.05, 4.69) is 31.3 Å². The predicted molar refractivity (Wildman–Crippen MR) is 59.7 cm³/mol. The van der Waals surface area contributed by atoms with Crippen molar-refractivity contribution >= 4 is 25.3 Å². The van der Waals surface area contributed by atoms with Gasteiger partial charge in [-0.15, -0.1) is 0 Å². The monoisotopic (exact) mass is 190 g/mol. The molecule has 0 aromatic carbocycles. The van der Waals surface area contributed by atoms with Gasteiger partial charge in [-0.2, -0.15) is 25.3 Å². The van der Waals surface area contributed by atoms with Crippen molar-refractivity contribution in [3.8, 4) is 0 Å². The number of hydrogen-bond acceptors (Lipinski definition) is 2. The summed E-state index contributed by atoms with van der Waals surface area (Å²) in [5.74, 6) is 1.04. The third-order valence-corrected chi connectivity index (χ3v) is 2.16. The number of allylic oxidation sites excluding steroid dienone is 1. The van der Waals surface area contributed by atoms with Gasteiger partial charge < -0.3 is 0 Å². The SMILES string of the molecule is SC=CCCCCCCCS. The number of thiol groups is 2. The molecule has 0 radical (unpaired) electrons. The maximum Gasteiger partial charge on any atom is -0.00979 e. The zero-order valence-electron chi connectivity index (χ0n) is 7.00. The van der Waals surface area contributed by atoms with E-state index in [-0.39, 0.29) is 0 Å². The fourth-order valence-electron chi connectivity index (χ4n) is 0.979. The van der Waals surface area contributed by atoms with Crippen LogP contribution >= 0.6 is 25.3 Å². The summed E-state index contributed by atoms with van der Waals surface area (Å²) in [5.41, 5.74) is 0. The summed E-state index contributed by atoms with van der Waals surface area (Å²) in [6.45, 7) is 0. The van der Waals surface area contributed by atoms with Gasteiger partial charge in [0.2, 0.25) is 0 Å². The average Bonchev–Trinajstić information content (AvgIpc) is 2.03. The Morgan fingerprint density at radius 1 is 0.909 bits per heavy atom. The van der Waals surface area contributed by atoms with Crippen LogP contribution in [0.5, 0.6) is 0 Å². The van der Waals surface area contributed by atoms with Crippen LogP contribution in [0.1, 0.15) is 38.5 Å². The topological polar surface area (TPSA) is 0 Å². The standard InChI is InChI=1S/C9H18S2/c10-8-6-4-2-1-3-5-7-9-11/h6,8,10-11H,1-5,7,9H2. The first kappa shape index (κ1) is 11.4. The van der Waals surface area contributed by atoms with Gasteiger partial charge in [-0.3, -0.25) is 0 Å². The van der Waals surface area contributed by atoms with Gasteiger partial charge >= 0.3 is 0 Å². The van der Waals surface area contributed by atoms with E-state index >= 15 is 0 Å². The number of unbranched alkanes of at least 4 members (excludes halogenated alkanes) is 5. The third kappa shape index (κ3) is 10.4. The van der Waals surface area contributed by atoms with Gasteiger partial charge in [0.05, 0.1) is 0 Å². The smallest absolute Gasteiger partial charge is 0.00979 e. The molecule has 0 amide bonds. The first-order chi connectivity index (χ1) is 5.41. The lowest BCUT2D eigenvalue weighted by molar-refractivity contribution is 0.640. The molecule has 2 heteroatoms. The summed E-state index contributed by atoms with van der Waals surface area (Å²) in [6, 6.07) is 0. The molecule has 0 heterocycles. The van der Waals surface area contributed by atoms with E-state index in [0.29, 0.717) is 0 Å². The minimum atomic E-state index is 1.04. The van der Waals surface area contributed by atoms with Gasteiger partial charge in [0.1, 0.15) is 0 Å². The maximum absolute atomic E-state index is 4.16. The third-order valence-electron chi connectivity index (χ3n) is 1.63. The summed E-state index contributed by atoms with van der Waals surface area (Å²) < 4.78 is 0. The first-order valence-electron chi connectivity index (χ1n) is 4.32. The second-order valence-corrected chi connectivity index (χ2v) is 3.41. The first-order valence-corrected chi connectivity index (χ1v) is 5.46. The van der Waals surface area contributed by atoms with Gasteiger partial charge in [-0.05, 0) is 30.4 Å². The molecule has 0 bridgehead atoms. The second-order valence-electron chi connectivity index (χ2n) is 2.66. The van der Waals surface area contributed by atoms with Crippen molar-refractivity contribution < 1.29 is 0 Å². The molecule has 0 N–H and O–H groups in total. The Labute approximate surface area is 81.3 Å². The summed E-state index contributed by atoms with van der Waals surface area (Å²) in [5, 5.41) is 1.83. The highest BCUT2D eigenvalue weighted by Crippen LogP contribution is 2.06. The van der Waals surface area contributed by atoms with Gasteiger partial charge in [0, 0.05) is 0 Å². The lowest BCUT2D eigenvalue weighted by Gasteiger charge is -1.96. The minimum Gasteiger partial charge on any atom is -0.179 e. The van der Waals surface area contributed by atoms with Crippen molar-refractivity contribution in [2.45, 2.75) is 38.5 Å². The van der Waals surface area contributed by atoms with Crippen molar-refractivity contribution in [2.24, 2.45) is 0 Å². The molecule has 66 valence electrons. The van der Waals surface area contributed by atoms with Gasteiger partial charge in [-0.1, -0.05) is 25.3 Å². The lowest BCUT2D eigenvalue weighted by atomic mass is 10.1. The normalized spacial score (nSPS) is 11.1. The molecule has 0 unspecified atom stereocenters. The lowest BCUT2D eigenvalue weighted by Crippen LogP contribution is -1.79. The maximum atomic E-state index is 4.16. The highest BCUT2D eigenvalue weighted by atomic mass is 32.1. The van der Waals surface area contributed by atoms with Crippen LogP contribution in [0.3, 0.4) is 0 Å². The Hall–Kier alpha value is 0.440. The molecule has 0 aliphatic heterocycles. The fourth-order valence-corrected chi connectivity index (χ4v) is 1.35. The van der Waals surface area contributed by atoms with Crippen LogP contribution in [0, 0.1) is 0 Å². The Bertz CT molecular complexity index is 89.6. The molecule has 0 spiro atoms. The predicted octanol–water partition coefficient (Wildman–Crippen LogP) is 3.70. The Balaban J connectivity index is 2.79. The van der Waals surface area contributed by atoms with Crippen LogP contribution in [0.2, 0.25) is 0 Å². The molecule has 0 rings (SSSR count).